The number of benzene rings is 1. The molecule has 2 rings (SSSR count). The van der Waals surface area contributed by atoms with Gasteiger partial charge in [0.15, 0.2) is 0 Å². The summed E-state index contributed by atoms with van der Waals surface area (Å²) in [5, 5.41) is 9.75. The highest BCUT2D eigenvalue weighted by molar-refractivity contribution is 7.98. The number of nitrogens with zero attached hydrogens (tertiary/aromatic N) is 2. The summed E-state index contributed by atoms with van der Waals surface area (Å²) in [6.45, 7) is 0. The maximum atomic E-state index is 9.30. The molecule has 4 heteroatoms. The maximum absolute atomic E-state index is 9.30. The number of nitriles is 1. The lowest BCUT2D eigenvalue weighted by atomic mass is 10.1. The van der Waals surface area contributed by atoms with Crippen LogP contribution in [0.25, 0.3) is 10.6 Å². The van der Waals surface area contributed by atoms with E-state index in [1.54, 1.807) is 36.3 Å². The van der Waals surface area contributed by atoms with Crippen molar-refractivity contribution in [2.24, 2.45) is 0 Å². The molecule has 0 saturated heterocycles. The van der Waals surface area contributed by atoms with Crippen molar-refractivity contribution < 1.29 is 0 Å². The predicted octanol–water partition coefficient (Wildman–Crippen LogP) is 4.43. The number of thioether (sulfide) groups is 1. The molecular weight excluding hydrogens is 276 g/mol. The van der Waals surface area contributed by atoms with Gasteiger partial charge in [-0.3, -0.25) is 4.98 Å². The van der Waals surface area contributed by atoms with Crippen LogP contribution in [0.5, 0.6) is 0 Å². The summed E-state index contributed by atoms with van der Waals surface area (Å²) in [6.07, 6.45) is 5.31. The number of hydrogen-bond donors (Lipinski definition) is 0. The predicted molar refractivity (Wildman–Crippen MR) is 80.7 cm³/mol. The first-order chi connectivity index (χ1) is 9.26. The topological polar surface area (TPSA) is 36.7 Å². The lowest BCUT2D eigenvalue weighted by Gasteiger charge is -2.05. The molecule has 94 valence electrons. The summed E-state index contributed by atoms with van der Waals surface area (Å²) in [6, 6.07) is 13.5. The minimum Gasteiger partial charge on any atom is -0.265 e. The average Bonchev–Trinajstić information content (AvgIpc) is 2.49. The highest BCUT2D eigenvalue weighted by atomic mass is 35.5. The molecule has 0 amide bonds. The number of aromatic nitrogens is 1. The van der Waals surface area contributed by atoms with E-state index in [0.29, 0.717) is 10.6 Å². The number of halogens is 1. The van der Waals surface area contributed by atoms with Gasteiger partial charge in [0.2, 0.25) is 0 Å². The van der Waals surface area contributed by atoms with Crippen LogP contribution in [0.3, 0.4) is 0 Å². The van der Waals surface area contributed by atoms with Crippen molar-refractivity contribution in [3.8, 4) is 6.07 Å². The summed E-state index contributed by atoms with van der Waals surface area (Å²) in [5.74, 6) is 0. The van der Waals surface area contributed by atoms with E-state index >= 15 is 0 Å². The lowest BCUT2D eigenvalue weighted by molar-refractivity contribution is 1.32. The molecule has 1 aromatic carbocycles. The van der Waals surface area contributed by atoms with Crippen LogP contribution in [0.4, 0.5) is 0 Å². The lowest BCUT2D eigenvalue weighted by Crippen LogP contribution is -1.86. The Kier molecular flexibility index (Phi) is 4.62. The molecule has 0 N–H and O–H groups in total. The van der Waals surface area contributed by atoms with E-state index in [4.69, 9.17) is 11.6 Å². The molecule has 0 aliphatic heterocycles. The fourth-order valence-electron chi connectivity index (χ4n) is 1.64. The quantitative estimate of drug-likeness (QED) is 0.618. The Balaban J connectivity index is 2.46. The molecule has 2 nitrogen and oxygen atoms in total. The van der Waals surface area contributed by atoms with Crippen molar-refractivity contribution in [3.63, 3.8) is 0 Å². The van der Waals surface area contributed by atoms with Gasteiger partial charge in [-0.2, -0.15) is 5.26 Å². The molecule has 0 radical (unpaired) electrons. The Morgan fingerprint density at radius 1 is 1.11 bits per heavy atom. The van der Waals surface area contributed by atoms with Crippen LogP contribution in [-0.4, -0.2) is 11.2 Å². The van der Waals surface area contributed by atoms with E-state index in [2.05, 4.69) is 11.1 Å². The zero-order valence-electron chi connectivity index (χ0n) is 10.3. The average molecular weight is 287 g/mol. The van der Waals surface area contributed by atoms with Crippen LogP contribution in [-0.2, 0) is 0 Å². The molecular formula is C15H11ClN2S. The molecule has 0 spiro atoms. The molecule has 1 aromatic heterocycles. The minimum atomic E-state index is 0.459. The third-order valence-electron chi connectivity index (χ3n) is 2.64. The van der Waals surface area contributed by atoms with Crippen molar-refractivity contribution in [1.82, 2.24) is 4.98 Å². The van der Waals surface area contributed by atoms with Gasteiger partial charge in [0, 0.05) is 17.3 Å². The smallest absolute Gasteiger partial charge is 0.101 e. The molecule has 0 atom stereocenters. The van der Waals surface area contributed by atoms with Crippen molar-refractivity contribution in [1.29, 1.82) is 5.26 Å². The van der Waals surface area contributed by atoms with Gasteiger partial charge in [-0.05, 0) is 41.6 Å². The van der Waals surface area contributed by atoms with E-state index < -0.39 is 0 Å². The van der Waals surface area contributed by atoms with Crippen molar-refractivity contribution in [2.75, 3.05) is 6.26 Å². The Bertz CT molecular complexity index is 627. The van der Waals surface area contributed by atoms with E-state index in [0.717, 1.165) is 16.0 Å². The summed E-state index contributed by atoms with van der Waals surface area (Å²) in [7, 11) is 0. The SMILES string of the molecule is CSc1ccc(/C(Cl)=C(/C#N)c2ccncc2)cc1. The Morgan fingerprint density at radius 2 is 1.74 bits per heavy atom. The summed E-state index contributed by atoms with van der Waals surface area (Å²) >= 11 is 8.00. The summed E-state index contributed by atoms with van der Waals surface area (Å²) in [4.78, 5) is 5.10. The normalized spacial score (nSPS) is 11.6. The van der Waals surface area contributed by atoms with E-state index in [-0.39, 0.29) is 0 Å². The molecule has 0 fully saturated rings. The molecule has 0 bridgehead atoms. The Morgan fingerprint density at radius 3 is 2.26 bits per heavy atom. The van der Waals surface area contributed by atoms with Crippen molar-refractivity contribution in [3.05, 3.63) is 59.9 Å². The molecule has 0 aliphatic rings. The Hall–Kier alpha value is -1.76. The van der Waals surface area contributed by atoms with Gasteiger partial charge in [0.25, 0.3) is 0 Å². The van der Waals surface area contributed by atoms with Gasteiger partial charge in [-0.15, -0.1) is 11.8 Å². The van der Waals surface area contributed by atoms with Crippen LogP contribution in [0.15, 0.2) is 53.7 Å². The first-order valence-corrected chi connectivity index (χ1v) is 7.21. The van der Waals surface area contributed by atoms with Crippen LogP contribution < -0.4 is 0 Å². The number of allylic oxidation sites excluding steroid dienone is 1. The largest absolute Gasteiger partial charge is 0.265 e. The molecule has 19 heavy (non-hydrogen) atoms. The van der Waals surface area contributed by atoms with Crippen molar-refractivity contribution in [2.45, 2.75) is 4.90 Å². The number of hydrogen-bond acceptors (Lipinski definition) is 3. The van der Waals surface area contributed by atoms with Gasteiger partial charge in [-0.1, -0.05) is 23.7 Å². The molecule has 0 aliphatic carbocycles. The Labute approximate surface area is 121 Å². The second kappa shape index (κ2) is 6.42. The van der Waals surface area contributed by atoms with Gasteiger partial charge in [0.1, 0.15) is 6.07 Å². The fourth-order valence-corrected chi connectivity index (χ4v) is 2.33. The standard InChI is InChI=1S/C15H11ClN2S/c1-19-13-4-2-12(3-5-13)15(16)14(10-17)11-6-8-18-9-7-11/h2-9H,1H3/b15-14+. The molecule has 0 saturated carbocycles. The minimum absolute atomic E-state index is 0.459. The van der Waals surface area contributed by atoms with Crippen LogP contribution >= 0.6 is 23.4 Å². The monoisotopic (exact) mass is 286 g/mol. The van der Waals surface area contributed by atoms with Gasteiger partial charge in [0.05, 0.1) is 10.6 Å². The third-order valence-corrected chi connectivity index (χ3v) is 3.79. The third kappa shape index (κ3) is 3.17. The fraction of sp³-hybridized carbons (Fsp3) is 0.0667. The zero-order valence-corrected chi connectivity index (χ0v) is 11.9. The second-order valence-electron chi connectivity index (χ2n) is 3.77. The van der Waals surface area contributed by atoms with E-state index in [1.807, 2.05) is 30.5 Å². The summed E-state index contributed by atoms with van der Waals surface area (Å²) < 4.78 is 0. The number of rotatable bonds is 3. The van der Waals surface area contributed by atoms with Gasteiger partial charge < -0.3 is 0 Å². The van der Waals surface area contributed by atoms with Crippen LogP contribution in [0.2, 0.25) is 0 Å². The maximum Gasteiger partial charge on any atom is 0.101 e. The van der Waals surface area contributed by atoms with Crippen LogP contribution in [0.1, 0.15) is 11.1 Å². The molecule has 1 heterocycles. The number of pyridine rings is 1. The highest BCUT2D eigenvalue weighted by Crippen LogP contribution is 2.30. The first-order valence-electron chi connectivity index (χ1n) is 5.61. The highest BCUT2D eigenvalue weighted by Gasteiger charge is 2.09. The first kappa shape index (κ1) is 13.7. The van der Waals surface area contributed by atoms with Gasteiger partial charge >= 0.3 is 0 Å². The molecule has 0 unspecified atom stereocenters. The van der Waals surface area contributed by atoms with E-state index in [1.165, 1.54) is 0 Å². The molecule has 2 aromatic rings. The second-order valence-corrected chi connectivity index (χ2v) is 5.02. The van der Waals surface area contributed by atoms with Crippen LogP contribution in [0, 0.1) is 11.3 Å². The zero-order chi connectivity index (χ0) is 13.7. The van der Waals surface area contributed by atoms with Gasteiger partial charge in [-0.25, -0.2) is 0 Å². The van der Waals surface area contributed by atoms with E-state index in [9.17, 15) is 5.26 Å². The van der Waals surface area contributed by atoms with Crippen molar-refractivity contribution >= 4 is 34.0 Å². The summed E-state index contributed by atoms with van der Waals surface area (Å²) in [5.41, 5.74) is 2.07.